The predicted octanol–water partition coefficient (Wildman–Crippen LogP) is 1.04. The number of benzene rings is 1. The number of carbonyl (C=O) groups is 1. The maximum atomic E-state index is 11.9. The first-order valence-corrected chi connectivity index (χ1v) is 8.27. The summed E-state index contributed by atoms with van der Waals surface area (Å²) >= 11 is 0. The van der Waals surface area contributed by atoms with Crippen molar-refractivity contribution >= 4 is 27.2 Å². The third-order valence-electron chi connectivity index (χ3n) is 3.17. The molecule has 0 saturated carbocycles. The van der Waals surface area contributed by atoms with Crippen LogP contribution in [0.1, 0.15) is 23.7 Å². The lowest BCUT2D eigenvalue weighted by Gasteiger charge is -2.17. The molecule has 1 heterocycles. The molecule has 0 bridgehead atoms. The Balaban J connectivity index is 2.24. The topological polar surface area (TPSA) is 98.5 Å². The number of carbonyl (C=O) groups excluding carboxylic acids is 1. The van der Waals surface area contributed by atoms with Crippen molar-refractivity contribution in [1.82, 2.24) is 0 Å². The number of nitrogen functional groups attached to an aromatic ring is 1. The van der Waals surface area contributed by atoms with Gasteiger partial charge in [0.25, 0.3) is 0 Å². The van der Waals surface area contributed by atoms with Crippen LogP contribution in [-0.4, -0.2) is 38.5 Å². The number of esters is 1. The average molecular weight is 298 g/mol. The first-order chi connectivity index (χ1) is 9.43. The summed E-state index contributed by atoms with van der Waals surface area (Å²) in [6.45, 7) is 1.99. The molecule has 110 valence electrons. The van der Waals surface area contributed by atoms with Crippen molar-refractivity contribution in [2.75, 3.05) is 29.2 Å². The fourth-order valence-electron chi connectivity index (χ4n) is 2.22. The zero-order chi connectivity index (χ0) is 14.8. The second-order valence-corrected chi connectivity index (χ2v) is 6.96. The summed E-state index contributed by atoms with van der Waals surface area (Å²) in [5.41, 5.74) is 7.07. The van der Waals surface area contributed by atoms with Crippen LogP contribution in [0.15, 0.2) is 18.2 Å². The van der Waals surface area contributed by atoms with Gasteiger partial charge in [-0.2, -0.15) is 0 Å². The Labute approximate surface area is 118 Å². The first-order valence-electron chi connectivity index (χ1n) is 6.45. The molecule has 7 heteroatoms. The van der Waals surface area contributed by atoms with Gasteiger partial charge in [0.15, 0.2) is 9.84 Å². The van der Waals surface area contributed by atoms with Gasteiger partial charge in [-0.25, -0.2) is 13.2 Å². The van der Waals surface area contributed by atoms with Gasteiger partial charge in [0, 0.05) is 6.04 Å². The number of nitrogens with one attached hydrogen (secondary N) is 1. The Morgan fingerprint density at radius 2 is 2.25 bits per heavy atom. The van der Waals surface area contributed by atoms with Crippen LogP contribution in [0.5, 0.6) is 0 Å². The van der Waals surface area contributed by atoms with Gasteiger partial charge >= 0.3 is 5.97 Å². The van der Waals surface area contributed by atoms with E-state index in [-0.39, 0.29) is 24.2 Å². The Bertz CT molecular complexity index is 613. The van der Waals surface area contributed by atoms with E-state index in [4.69, 9.17) is 10.5 Å². The summed E-state index contributed by atoms with van der Waals surface area (Å²) in [4.78, 5) is 11.9. The summed E-state index contributed by atoms with van der Waals surface area (Å²) in [6.07, 6.45) is 0.513. The lowest BCUT2D eigenvalue weighted by molar-refractivity contribution is 0.0527. The van der Waals surface area contributed by atoms with E-state index in [1.807, 2.05) is 0 Å². The molecule has 3 N–H and O–H groups in total. The average Bonchev–Trinajstić information content (AvgIpc) is 2.71. The van der Waals surface area contributed by atoms with E-state index < -0.39 is 15.8 Å². The SMILES string of the molecule is CCOC(=O)c1cccc(N)c1NC1CCS(=O)(=O)C1. The smallest absolute Gasteiger partial charge is 0.340 e. The number of para-hydroxylation sites is 1. The van der Waals surface area contributed by atoms with Crippen molar-refractivity contribution in [3.8, 4) is 0 Å². The maximum Gasteiger partial charge on any atom is 0.340 e. The van der Waals surface area contributed by atoms with E-state index in [9.17, 15) is 13.2 Å². The second-order valence-electron chi connectivity index (χ2n) is 4.73. The van der Waals surface area contributed by atoms with Crippen molar-refractivity contribution in [3.05, 3.63) is 23.8 Å². The minimum atomic E-state index is -2.99. The Kier molecular flexibility index (Phi) is 4.17. The molecule has 0 aromatic heterocycles. The monoisotopic (exact) mass is 298 g/mol. The van der Waals surface area contributed by atoms with Gasteiger partial charge in [0.05, 0.1) is 35.1 Å². The molecule has 1 saturated heterocycles. The molecule has 1 aliphatic heterocycles. The highest BCUT2D eigenvalue weighted by molar-refractivity contribution is 7.91. The zero-order valence-corrected chi connectivity index (χ0v) is 12.1. The molecule has 1 aromatic rings. The van der Waals surface area contributed by atoms with Crippen LogP contribution in [0, 0.1) is 0 Å². The lowest BCUT2D eigenvalue weighted by atomic mass is 10.1. The van der Waals surface area contributed by atoms with E-state index in [1.54, 1.807) is 25.1 Å². The molecule has 1 aromatic carbocycles. The Morgan fingerprint density at radius 1 is 1.50 bits per heavy atom. The highest BCUT2D eigenvalue weighted by atomic mass is 32.2. The van der Waals surface area contributed by atoms with Gasteiger partial charge in [-0.05, 0) is 25.5 Å². The Morgan fingerprint density at radius 3 is 2.85 bits per heavy atom. The van der Waals surface area contributed by atoms with Crippen LogP contribution in [0.4, 0.5) is 11.4 Å². The number of hydrogen-bond acceptors (Lipinski definition) is 6. The molecule has 1 unspecified atom stereocenters. The van der Waals surface area contributed by atoms with Crippen molar-refractivity contribution in [3.63, 3.8) is 0 Å². The molecule has 0 amide bonds. The molecular weight excluding hydrogens is 280 g/mol. The molecule has 2 rings (SSSR count). The normalized spacial score (nSPS) is 20.6. The Hall–Kier alpha value is -1.76. The fourth-order valence-corrected chi connectivity index (χ4v) is 3.90. The molecule has 0 radical (unpaired) electrons. The molecule has 0 spiro atoms. The third-order valence-corrected chi connectivity index (χ3v) is 4.94. The molecule has 6 nitrogen and oxygen atoms in total. The number of hydrogen-bond donors (Lipinski definition) is 2. The minimum absolute atomic E-state index is 0.0591. The molecule has 0 aliphatic carbocycles. The number of anilines is 2. The summed E-state index contributed by atoms with van der Waals surface area (Å²) in [7, 11) is -2.99. The molecule has 1 aliphatic rings. The number of ether oxygens (including phenoxy) is 1. The summed E-state index contributed by atoms with van der Waals surface area (Å²) < 4.78 is 27.9. The van der Waals surface area contributed by atoms with Crippen molar-refractivity contribution in [2.45, 2.75) is 19.4 Å². The van der Waals surface area contributed by atoms with E-state index in [0.29, 0.717) is 23.4 Å². The summed E-state index contributed by atoms with van der Waals surface area (Å²) in [5, 5.41) is 3.07. The predicted molar refractivity (Wildman–Crippen MR) is 77.5 cm³/mol. The van der Waals surface area contributed by atoms with Crippen LogP contribution in [0.3, 0.4) is 0 Å². The summed E-state index contributed by atoms with van der Waals surface area (Å²) in [5.74, 6) is -0.251. The molecule has 20 heavy (non-hydrogen) atoms. The van der Waals surface area contributed by atoms with E-state index in [2.05, 4.69) is 5.32 Å². The van der Waals surface area contributed by atoms with Crippen LogP contribution >= 0.6 is 0 Å². The lowest BCUT2D eigenvalue weighted by Crippen LogP contribution is -2.23. The van der Waals surface area contributed by atoms with Gasteiger partial charge in [0.2, 0.25) is 0 Å². The largest absolute Gasteiger partial charge is 0.462 e. The zero-order valence-electron chi connectivity index (χ0n) is 11.3. The number of nitrogens with two attached hydrogens (primary N) is 1. The van der Waals surface area contributed by atoms with Crippen molar-refractivity contribution < 1.29 is 17.9 Å². The van der Waals surface area contributed by atoms with Crippen molar-refractivity contribution in [2.24, 2.45) is 0 Å². The molecule has 1 atom stereocenters. The third kappa shape index (κ3) is 3.22. The maximum absolute atomic E-state index is 11.9. The van der Waals surface area contributed by atoms with Crippen molar-refractivity contribution in [1.29, 1.82) is 0 Å². The molecular formula is C13H18N2O4S. The first kappa shape index (κ1) is 14.6. The van der Waals surface area contributed by atoms with Gasteiger partial charge in [0.1, 0.15) is 0 Å². The van der Waals surface area contributed by atoms with Gasteiger partial charge < -0.3 is 15.8 Å². The second kappa shape index (κ2) is 5.70. The van der Waals surface area contributed by atoms with E-state index >= 15 is 0 Å². The minimum Gasteiger partial charge on any atom is -0.462 e. The fraction of sp³-hybridized carbons (Fsp3) is 0.462. The van der Waals surface area contributed by atoms with E-state index in [1.165, 1.54) is 0 Å². The van der Waals surface area contributed by atoms with Crippen LogP contribution in [0.2, 0.25) is 0 Å². The highest BCUT2D eigenvalue weighted by Gasteiger charge is 2.29. The molecule has 1 fully saturated rings. The van der Waals surface area contributed by atoms with Gasteiger partial charge in [-0.3, -0.25) is 0 Å². The van der Waals surface area contributed by atoms with E-state index in [0.717, 1.165) is 0 Å². The van der Waals surface area contributed by atoms with Crippen LogP contribution in [0.25, 0.3) is 0 Å². The standard InChI is InChI=1S/C13H18N2O4S/c1-2-19-13(16)10-4-3-5-11(14)12(10)15-9-6-7-20(17,18)8-9/h3-5,9,15H,2,6-8,14H2,1H3. The number of rotatable bonds is 4. The quantitative estimate of drug-likeness (QED) is 0.636. The highest BCUT2D eigenvalue weighted by Crippen LogP contribution is 2.27. The summed E-state index contributed by atoms with van der Waals surface area (Å²) in [6, 6.07) is 4.71. The van der Waals surface area contributed by atoms with Gasteiger partial charge in [-0.1, -0.05) is 6.07 Å². The number of sulfone groups is 1. The van der Waals surface area contributed by atoms with Gasteiger partial charge in [-0.15, -0.1) is 0 Å². The van der Waals surface area contributed by atoms with Crippen LogP contribution in [-0.2, 0) is 14.6 Å². The van der Waals surface area contributed by atoms with Crippen LogP contribution < -0.4 is 11.1 Å².